The first-order chi connectivity index (χ1) is 22.2. The molecule has 1 amide bonds. The van der Waals surface area contributed by atoms with E-state index in [-0.39, 0.29) is 18.9 Å². The predicted octanol–water partition coefficient (Wildman–Crippen LogP) is 4.07. The molecule has 1 aromatic rings. The summed E-state index contributed by atoms with van der Waals surface area (Å²) in [5.74, 6) is -0.636. The molecule has 1 saturated heterocycles. The molecule has 2 rings (SSSR count). The summed E-state index contributed by atoms with van der Waals surface area (Å²) in [7, 11) is -3.03. The summed E-state index contributed by atoms with van der Waals surface area (Å²) in [6.07, 6.45) is 14.3. The van der Waals surface area contributed by atoms with Crippen LogP contribution >= 0.6 is 8.25 Å². The molecule has 1 aliphatic rings. The Hall–Kier alpha value is -2.48. The van der Waals surface area contributed by atoms with Crippen molar-refractivity contribution in [2.45, 2.75) is 140 Å². The molecule has 1 fully saturated rings. The number of carboxylic acid groups (broad SMARTS) is 1. The van der Waals surface area contributed by atoms with Crippen LogP contribution in [-0.4, -0.2) is 74.6 Å². The van der Waals surface area contributed by atoms with Crippen molar-refractivity contribution in [2.24, 2.45) is 0 Å². The van der Waals surface area contributed by atoms with E-state index in [1.807, 2.05) is 0 Å². The molecule has 1 aliphatic heterocycles. The van der Waals surface area contributed by atoms with Crippen molar-refractivity contribution in [3.05, 3.63) is 33.1 Å². The molecule has 5 atom stereocenters. The quantitative estimate of drug-likeness (QED) is 0.0664. The standard InChI is InChI=1S/C31H52N3O11P/c35-23-24-28(45-46(41)42)29(30(44-24)34-21-19-26(37)33-31(34)40)43-22-16-12-11-15-20-32-25(36)17-13-9-7-5-3-1-2-4-6-8-10-14-18-27(38)39/h19,21,24,28-30,35H,1-18,20,22-23H2,(H3-,32,33,36,37,38,39,40,41,42)/p+1/t24-,28?,29+,30-/m1/s1. The second-order valence-corrected chi connectivity index (χ2v) is 12.5. The van der Waals surface area contributed by atoms with Crippen LogP contribution in [0.4, 0.5) is 0 Å². The minimum absolute atomic E-state index is 0.0724. The van der Waals surface area contributed by atoms with Crippen molar-refractivity contribution >= 4 is 20.1 Å². The molecule has 0 spiro atoms. The number of H-pyrrole nitrogens is 1. The topological polar surface area (TPSA) is 206 Å². The first kappa shape index (κ1) is 39.7. The van der Waals surface area contributed by atoms with Gasteiger partial charge in [0.15, 0.2) is 12.3 Å². The number of hydrogen-bond acceptors (Lipinski definition) is 9. The van der Waals surface area contributed by atoms with Gasteiger partial charge in [0.25, 0.3) is 5.56 Å². The number of amides is 1. The molecule has 0 radical (unpaired) electrons. The number of carbonyl (C=O) groups excluding carboxylic acids is 1. The SMILES string of the molecule is O=C(O)CCCCCCCCCCCCCCC(=O)NCCCCCCO[C@H]1C(O[P+](=O)O)[C@@H](CO)O[C@H]1n1ccc(=O)[nH]c1=O. The van der Waals surface area contributed by atoms with Gasteiger partial charge in [-0.1, -0.05) is 77.0 Å². The van der Waals surface area contributed by atoms with Gasteiger partial charge in [-0.2, -0.15) is 0 Å². The molecule has 15 heteroatoms. The Balaban J connectivity index is 1.51. The number of nitrogens with zero attached hydrogens (tertiary/aromatic N) is 1. The lowest BCUT2D eigenvalue weighted by atomic mass is 10.0. The van der Waals surface area contributed by atoms with Crippen LogP contribution in [0, 0.1) is 0 Å². The second kappa shape index (κ2) is 23.8. The fraction of sp³-hybridized carbons (Fsp3) is 0.806. The zero-order chi connectivity index (χ0) is 33.6. The second-order valence-electron chi connectivity index (χ2n) is 11.8. The number of carbonyl (C=O) groups is 2. The zero-order valence-electron chi connectivity index (χ0n) is 26.8. The van der Waals surface area contributed by atoms with E-state index in [1.54, 1.807) is 0 Å². The normalized spacial score (nSPS) is 19.7. The third-order valence-corrected chi connectivity index (χ3v) is 8.47. The van der Waals surface area contributed by atoms with E-state index in [9.17, 15) is 33.7 Å². The van der Waals surface area contributed by atoms with Crippen LogP contribution in [0.1, 0.15) is 122 Å². The van der Waals surface area contributed by atoms with Gasteiger partial charge in [-0.05, 0) is 25.7 Å². The number of aliphatic hydroxyl groups excluding tert-OH is 1. The Kier molecular flexibility index (Phi) is 20.5. The van der Waals surface area contributed by atoms with E-state index in [2.05, 4.69) is 10.3 Å². The number of nitrogens with one attached hydrogen (secondary N) is 2. The minimum Gasteiger partial charge on any atom is -0.481 e. The van der Waals surface area contributed by atoms with E-state index < -0.39 is 56.6 Å². The maximum atomic E-state index is 12.3. The van der Waals surface area contributed by atoms with Gasteiger partial charge < -0.3 is 25.0 Å². The first-order valence-electron chi connectivity index (χ1n) is 16.7. The van der Waals surface area contributed by atoms with Crippen molar-refractivity contribution in [1.29, 1.82) is 0 Å². The largest absolute Gasteiger partial charge is 0.695 e. The van der Waals surface area contributed by atoms with Gasteiger partial charge in [-0.15, -0.1) is 9.42 Å². The third-order valence-electron chi connectivity index (χ3n) is 8.05. The zero-order valence-corrected chi connectivity index (χ0v) is 27.7. The van der Waals surface area contributed by atoms with Gasteiger partial charge >= 0.3 is 19.9 Å². The summed E-state index contributed by atoms with van der Waals surface area (Å²) in [4.78, 5) is 57.8. The third kappa shape index (κ3) is 16.4. The van der Waals surface area contributed by atoms with Gasteiger partial charge in [-0.3, -0.25) is 23.9 Å². The Morgan fingerprint density at radius 1 is 0.870 bits per heavy atom. The maximum absolute atomic E-state index is 12.3. The van der Waals surface area contributed by atoms with E-state index in [0.717, 1.165) is 68.4 Å². The molecule has 2 unspecified atom stereocenters. The monoisotopic (exact) mass is 674 g/mol. The van der Waals surface area contributed by atoms with E-state index in [1.165, 1.54) is 44.7 Å². The van der Waals surface area contributed by atoms with Crippen molar-refractivity contribution in [2.75, 3.05) is 19.8 Å². The Morgan fingerprint density at radius 2 is 1.43 bits per heavy atom. The van der Waals surface area contributed by atoms with Crippen molar-refractivity contribution in [3.8, 4) is 0 Å². The van der Waals surface area contributed by atoms with Crippen LogP contribution in [0.3, 0.4) is 0 Å². The number of aliphatic hydroxyl groups is 1. The number of aliphatic carboxylic acids is 1. The highest BCUT2D eigenvalue weighted by Crippen LogP contribution is 2.37. The molecule has 0 saturated carbocycles. The fourth-order valence-electron chi connectivity index (χ4n) is 5.56. The van der Waals surface area contributed by atoms with Gasteiger partial charge in [0.1, 0.15) is 12.2 Å². The Morgan fingerprint density at radius 3 is 2.00 bits per heavy atom. The molecule has 1 aromatic heterocycles. The smallest absolute Gasteiger partial charge is 0.481 e. The Labute approximate surface area is 271 Å². The highest BCUT2D eigenvalue weighted by atomic mass is 31.1. The number of rotatable bonds is 27. The van der Waals surface area contributed by atoms with Crippen molar-refractivity contribution < 1.29 is 43.3 Å². The van der Waals surface area contributed by atoms with E-state index in [4.69, 9.17) is 19.1 Å². The minimum atomic E-state index is -3.03. The molecule has 262 valence electrons. The Bertz CT molecular complexity index is 1150. The molecular formula is C31H53N3O11P+. The summed E-state index contributed by atoms with van der Waals surface area (Å²) >= 11 is 0. The van der Waals surface area contributed by atoms with Crippen LogP contribution < -0.4 is 16.6 Å². The molecule has 5 N–H and O–H groups in total. The molecule has 2 heterocycles. The van der Waals surface area contributed by atoms with Crippen molar-refractivity contribution in [1.82, 2.24) is 14.9 Å². The number of aromatic amines is 1. The summed E-state index contributed by atoms with van der Waals surface area (Å²) in [6, 6.07) is 1.14. The average Bonchev–Trinajstić information content (AvgIpc) is 3.34. The highest BCUT2D eigenvalue weighted by Gasteiger charge is 2.51. The lowest BCUT2D eigenvalue weighted by Gasteiger charge is -2.22. The van der Waals surface area contributed by atoms with Gasteiger partial charge in [0, 0.05) is 42.8 Å². The summed E-state index contributed by atoms with van der Waals surface area (Å²) in [5.41, 5.74) is -1.34. The van der Waals surface area contributed by atoms with Gasteiger partial charge in [0.05, 0.1) is 6.61 Å². The summed E-state index contributed by atoms with van der Waals surface area (Å²) in [5, 5.41) is 21.3. The van der Waals surface area contributed by atoms with Crippen LogP contribution in [0.5, 0.6) is 0 Å². The van der Waals surface area contributed by atoms with Crippen molar-refractivity contribution in [3.63, 3.8) is 0 Å². The number of ether oxygens (including phenoxy) is 2. The van der Waals surface area contributed by atoms with Crippen LogP contribution in [0.25, 0.3) is 0 Å². The molecular weight excluding hydrogens is 621 g/mol. The number of carboxylic acids is 1. The first-order valence-corrected chi connectivity index (χ1v) is 17.9. The van der Waals surface area contributed by atoms with E-state index >= 15 is 0 Å². The molecule has 0 bridgehead atoms. The fourth-order valence-corrected chi connectivity index (χ4v) is 6.03. The molecule has 14 nitrogen and oxygen atoms in total. The van der Waals surface area contributed by atoms with Gasteiger partial charge in [0.2, 0.25) is 5.91 Å². The van der Waals surface area contributed by atoms with Crippen LogP contribution in [0.15, 0.2) is 21.9 Å². The summed E-state index contributed by atoms with van der Waals surface area (Å²) in [6.45, 7) is 0.311. The lowest BCUT2D eigenvalue weighted by molar-refractivity contribution is -0.137. The van der Waals surface area contributed by atoms with Gasteiger partial charge in [-0.25, -0.2) is 4.79 Å². The summed E-state index contributed by atoms with van der Waals surface area (Å²) < 4.78 is 29.2. The number of unbranched alkanes of at least 4 members (excludes halogenated alkanes) is 14. The lowest BCUT2D eigenvalue weighted by Crippen LogP contribution is -2.40. The highest BCUT2D eigenvalue weighted by molar-refractivity contribution is 7.32. The predicted molar refractivity (Wildman–Crippen MR) is 171 cm³/mol. The van der Waals surface area contributed by atoms with Crippen LogP contribution in [-0.2, 0) is 28.2 Å². The number of aromatic nitrogens is 2. The maximum Gasteiger partial charge on any atom is 0.695 e. The van der Waals surface area contributed by atoms with E-state index in [0.29, 0.717) is 19.4 Å². The number of hydrogen-bond donors (Lipinski definition) is 5. The molecule has 0 aromatic carbocycles. The molecule has 46 heavy (non-hydrogen) atoms. The van der Waals surface area contributed by atoms with Crippen LogP contribution in [0.2, 0.25) is 0 Å². The molecule has 0 aliphatic carbocycles. The average molecular weight is 675 g/mol.